The van der Waals surface area contributed by atoms with Crippen LogP contribution in [0.1, 0.15) is 0 Å². The molecule has 1 atom stereocenters. The standard InChI is InChI=1S/C8H8N2S2/c1-12(9)8-10-6-4-2-3-5-7(6)11-8/h2-5,9H,1H3. The maximum Gasteiger partial charge on any atom is 0.161 e. The average Bonchev–Trinajstić information content (AvgIpc) is 2.46. The van der Waals surface area contributed by atoms with Crippen LogP contribution in [0.5, 0.6) is 0 Å². The number of fused-ring (bicyclic) bond motifs is 1. The third-order valence-electron chi connectivity index (χ3n) is 1.54. The highest BCUT2D eigenvalue weighted by atomic mass is 32.2. The number of nitrogens with zero attached hydrogens (tertiary/aromatic N) is 1. The summed E-state index contributed by atoms with van der Waals surface area (Å²) in [6.45, 7) is 0. The van der Waals surface area contributed by atoms with Crippen LogP contribution in [0.15, 0.2) is 28.6 Å². The summed E-state index contributed by atoms with van der Waals surface area (Å²) in [5, 5.41) is 0. The lowest BCUT2D eigenvalue weighted by molar-refractivity contribution is 1.29. The van der Waals surface area contributed by atoms with E-state index in [9.17, 15) is 0 Å². The lowest BCUT2D eigenvalue weighted by atomic mass is 10.3. The molecule has 0 fully saturated rings. The third kappa shape index (κ3) is 1.28. The molecule has 62 valence electrons. The zero-order valence-corrected chi connectivity index (χ0v) is 8.21. The molecular formula is C8H8N2S2. The Hall–Kier alpha value is -0.740. The third-order valence-corrected chi connectivity index (χ3v) is 3.98. The van der Waals surface area contributed by atoms with Crippen LogP contribution >= 0.6 is 11.3 Å². The minimum atomic E-state index is -0.454. The van der Waals surface area contributed by atoms with Crippen molar-refractivity contribution in [3.05, 3.63) is 24.3 Å². The minimum Gasteiger partial charge on any atom is -0.274 e. The van der Waals surface area contributed by atoms with E-state index in [4.69, 9.17) is 4.78 Å². The van der Waals surface area contributed by atoms with E-state index in [1.807, 2.05) is 30.5 Å². The molecule has 1 aromatic heterocycles. The van der Waals surface area contributed by atoms with E-state index >= 15 is 0 Å². The van der Waals surface area contributed by atoms with Gasteiger partial charge in [-0.15, -0.1) is 11.3 Å². The number of para-hydroxylation sites is 1. The molecule has 12 heavy (non-hydrogen) atoms. The van der Waals surface area contributed by atoms with Crippen molar-refractivity contribution in [3.8, 4) is 0 Å². The summed E-state index contributed by atoms with van der Waals surface area (Å²) in [6, 6.07) is 8.01. The Kier molecular flexibility index (Phi) is 1.94. The number of benzene rings is 1. The van der Waals surface area contributed by atoms with Crippen molar-refractivity contribution in [2.75, 3.05) is 6.26 Å². The molecule has 2 nitrogen and oxygen atoms in total. The average molecular weight is 196 g/mol. The first-order chi connectivity index (χ1) is 5.77. The number of hydrogen-bond acceptors (Lipinski definition) is 3. The van der Waals surface area contributed by atoms with Gasteiger partial charge in [-0.05, 0) is 29.1 Å². The Balaban J connectivity index is 2.70. The number of thiazole rings is 1. The Bertz CT molecular complexity index is 400. The zero-order chi connectivity index (χ0) is 8.55. The van der Waals surface area contributed by atoms with Gasteiger partial charge in [0.05, 0.1) is 10.2 Å². The second kappa shape index (κ2) is 2.95. The van der Waals surface area contributed by atoms with Crippen LogP contribution in [0.2, 0.25) is 0 Å². The summed E-state index contributed by atoms with van der Waals surface area (Å²) in [6.07, 6.45) is 1.87. The van der Waals surface area contributed by atoms with Crippen LogP contribution in [-0.2, 0) is 10.7 Å². The molecule has 1 N–H and O–H groups in total. The Labute approximate surface area is 77.2 Å². The van der Waals surface area contributed by atoms with Crippen LogP contribution in [0.25, 0.3) is 10.2 Å². The maximum atomic E-state index is 7.53. The second-order valence-corrected chi connectivity index (χ2v) is 5.15. The summed E-state index contributed by atoms with van der Waals surface area (Å²) in [7, 11) is -0.454. The summed E-state index contributed by atoms with van der Waals surface area (Å²) in [4.78, 5) is 4.36. The normalized spacial score (nSPS) is 13.4. The van der Waals surface area contributed by atoms with Crippen LogP contribution in [0.4, 0.5) is 0 Å². The van der Waals surface area contributed by atoms with Gasteiger partial charge in [0.2, 0.25) is 0 Å². The molecule has 0 amide bonds. The van der Waals surface area contributed by atoms with Gasteiger partial charge in [-0.2, -0.15) is 0 Å². The van der Waals surface area contributed by atoms with E-state index in [1.54, 1.807) is 11.3 Å². The lowest BCUT2D eigenvalue weighted by Crippen LogP contribution is -1.80. The molecule has 2 aromatic rings. The van der Waals surface area contributed by atoms with E-state index in [1.165, 1.54) is 4.70 Å². The molecule has 2 rings (SSSR count). The van der Waals surface area contributed by atoms with Crippen LogP contribution in [0, 0.1) is 4.78 Å². The van der Waals surface area contributed by atoms with E-state index in [-0.39, 0.29) is 0 Å². The topological polar surface area (TPSA) is 36.7 Å². The van der Waals surface area contributed by atoms with Crippen LogP contribution in [-0.4, -0.2) is 11.2 Å². The highest BCUT2D eigenvalue weighted by molar-refractivity contribution is 7.87. The fourth-order valence-electron chi connectivity index (χ4n) is 0.982. The largest absolute Gasteiger partial charge is 0.274 e. The van der Waals surface area contributed by atoms with Gasteiger partial charge in [0.15, 0.2) is 4.34 Å². The van der Waals surface area contributed by atoms with Crippen molar-refractivity contribution in [1.82, 2.24) is 4.98 Å². The van der Waals surface area contributed by atoms with Crippen molar-refractivity contribution in [3.63, 3.8) is 0 Å². The Morgan fingerprint density at radius 2 is 2.17 bits per heavy atom. The molecule has 0 aliphatic rings. The second-order valence-electron chi connectivity index (χ2n) is 2.46. The summed E-state index contributed by atoms with van der Waals surface area (Å²) >= 11 is 1.62. The molecular weight excluding hydrogens is 188 g/mol. The van der Waals surface area contributed by atoms with Gasteiger partial charge in [0.25, 0.3) is 0 Å². The fraction of sp³-hybridized carbons (Fsp3) is 0.125. The smallest absolute Gasteiger partial charge is 0.161 e. The van der Waals surface area contributed by atoms with Gasteiger partial charge in [-0.25, -0.2) is 4.98 Å². The van der Waals surface area contributed by atoms with E-state index < -0.39 is 10.7 Å². The summed E-state index contributed by atoms with van der Waals surface area (Å²) in [5.41, 5.74) is 1.02. The first kappa shape index (κ1) is 7.89. The molecule has 0 saturated carbocycles. The van der Waals surface area contributed by atoms with Gasteiger partial charge in [-0.1, -0.05) is 12.1 Å². The van der Waals surface area contributed by atoms with Gasteiger partial charge >= 0.3 is 0 Å². The van der Waals surface area contributed by atoms with Crippen molar-refractivity contribution < 1.29 is 0 Å². The van der Waals surface area contributed by atoms with E-state index in [2.05, 4.69) is 4.98 Å². The van der Waals surface area contributed by atoms with Gasteiger partial charge in [0, 0.05) is 0 Å². The zero-order valence-electron chi connectivity index (χ0n) is 6.57. The number of hydrogen-bond donors (Lipinski definition) is 1. The number of rotatable bonds is 1. The molecule has 0 aliphatic carbocycles. The van der Waals surface area contributed by atoms with Gasteiger partial charge in [0.1, 0.15) is 0 Å². The molecule has 4 heteroatoms. The molecule has 0 radical (unpaired) electrons. The molecule has 0 aliphatic heterocycles. The van der Waals surface area contributed by atoms with Crippen molar-refractivity contribution in [1.29, 1.82) is 4.78 Å². The maximum absolute atomic E-state index is 7.53. The molecule has 0 saturated heterocycles. The van der Waals surface area contributed by atoms with Crippen LogP contribution < -0.4 is 0 Å². The van der Waals surface area contributed by atoms with Crippen molar-refractivity contribution in [2.45, 2.75) is 4.34 Å². The number of nitrogens with one attached hydrogen (secondary N) is 1. The first-order valence-electron chi connectivity index (χ1n) is 3.50. The monoisotopic (exact) mass is 196 g/mol. The van der Waals surface area contributed by atoms with Crippen molar-refractivity contribution in [2.24, 2.45) is 0 Å². The van der Waals surface area contributed by atoms with E-state index in [0.29, 0.717) is 0 Å². The van der Waals surface area contributed by atoms with Gasteiger partial charge in [-0.3, -0.25) is 4.78 Å². The Morgan fingerprint density at radius 1 is 1.42 bits per heavy atom. The van der Waals surface area contributed by atoms with Crippen LogP contribution in [0.3, 0.4) is 0 Å². The van der Waals surface area contributed by atoms with Gasteiger partial charge < -0.3 is 0 Å². The predicted octanol–water partition coefficient (Wildman–Crippen LogP) is 2.67. The quantitative estimate of drug-likeness (QED) is 0.748. The Morgan fingerprint density at radius 3 is 2.83 bits per heavy atom. The molecule has 0 bridgehead atoms. The minimum absolute atomic E-state index is 0.454. The summed E-state index contributed by atoms with van der Waals surface area (Å²) < 4.78 is 9.63. The molecule has 1 heterocycles. The SMILES string of the molecule is CS(=N)c1nc2ccccc2s1. The highest BCUT2D eigenvalue weighted by Gasteiger charge is 2.02. The van der Waals surface area contributed by atoms with Crippen molar-refractivity contribution >= 4 is 32.2 Å². The predicted molar refractivity (Wildman–Crippen MR) is 53.9 cm³/mol. The van der Waals surface area contributed by atoms with E-state index in [0.717, 1.165) is 9.86 Å². The number of aromatic nitrogens is 1. The molecule has 0 spiro atoms. The first-order valence-corrected chi connectivity index (χ1v) is 5.95. The molecule has 1 unspecified atom stereocenters. The fourth-order valence-corrected chi connectivity index (χ4v) is 2.68. The summed E-state index contributed by atoms with van der Waals surface area (Å²) in [5.74, 6) is 0. The molecule has 1 aromatic carbocycles. The highest BCUT2D eigenvalue weighted by Crippen LogP contribution is 2.23. The lowest BCUT2D eigenvalue weighted by Gasteiger charge is -1.85.